The summed E-state index contributed by atoms with van der Waals surface area (Å²) >= 11 is 0. The van der Waals surface area contributed by atoms with Gasteiger partial charge in [0.1, 0.15) is 6.61 Å². The van der Waals surface area contributed by atoms with E-state index >= 15 is 0 Å². The van der Waals surface area contributed by atoms with Crippen molar-refractivity contribution < 1.29 is 4.84 Å². The van der Waals surface area contributed by atoms with Gasteiger partial charge >= 0.3 is 0 Å². The molecule has 0 spiro atoms. The standard InChI is InChI=1S/C17H20N2O/c1-12-4-7-15(8-5-12)11-20-19-14(3)16-10-13(2)6-9-17(16)18/h4-10H,11,18H2,1-3H3/b19-14+. The van der Waals surface area contributed by atoms with Crippen LogP contribution in [0.1, 0.15) is 29.2 Å². The molecule has 2 aromatic rings. The molecule has 2 aromatic carbocycles. The quantitative estimate of drug-likeness (QED) is 0.520. The number of aryl methyl sites for hydroxylation is 2. The summed E-state index contributed by atoms with van der Waals surface area (Å²) in [5.74, 6) is 0. The van der Waals surface area contributed by atoms with Crippen LogP contribution in [-0.4, -0.2) is 5.71 Å². The summed E-state index contributed by atoms with van der Waals surface area (Å²) < 4.78 is 0. The molecule has 0 aliphatic rings. The molecule has 0 saturated carbocycles. The van der Waals surface area contributed by atoms with Crippen molar-refractivity contribution in [3.8, 4) is 0 Å². The molecule has 0 atom stereocenters. The Morgan fingerprint density at radius 1 is 1.05 bits per heavy atom. The average molecular weight is 268 g/mol. The van der Waals surface area contributed by atoms with Crippen molar-refractivity contribution in [3.63, 3.8) is 0 Å². The second-order valence-corrected chi connectivity index (χ2v) is 5.03. The average Bonchev–Trinajstić information content (AvgIpc) is 2.43. The van der Waals surface area contributed by atoms with E-state index in [0.717, 1.165) is 28.1 Å². The van der Waals surface area contributed by atoms with Gasteiger partial charge in [0, 0.05) is 11.3 Å². The number of nitrogens with zero attached hydrogens (tertiary/aromatic N) is 1. The van der Waals surface area contributed by atoms with Gasteiger partial charge in [0.2, 0.25) is 0 Å². The number of rotatable bonds is 4. The molecule has 3 nitrogen and oxygen atoms in total. The van der Waals surface area contributed by atoms with Gasteiger partial charge in [-0.05, 0) is 38.5 Å². The lowest BCUT2D eigenvalue weighted by molar-refractivity contribution is 0.130. The van der Waals surface area contributed by atoms with Gasteiger partial charge in [-0.2, -0.15) is 0 Å². The maximum absolute atomic E-state index is 5.95. The van der Waals surface area contributed by atoms with Crippen molar-refractivity contribution in [1.29, 1.82) is 0 Å². The van der Waals surface area contributed by atoms with Gasteiger partial charge < -0.3 is 10.6 Å². The minimum Gasteiger partial charge on any atom is -0.398 e. The second-order valence-electron chi connectivity index (χ2n) is 5.03. The topological polar surface area (TPSA) is 47.6 Å². The molecule has 0 unspecified atom stereocenters. The molecule has 0 aliphatic heterocycles. The minimum absolute atomic E-state index is 0.462. The van der Waals surface area contributed by atoms with Crippen LogP contribution < -0.4 is 5.73 Å². The van der Waals surface area contributed by atoms with Gasteiger partial charge in [0.15, 0.2) is 0 Å². The Hall–Kier alpha value is -2.29. The maximum atomic E-state index is 5.95. The smallest absolute Gasteiger partial charge is 0.142 e. The van der Waals surface area contributed by atoms with Crippen LogP contribution >= 0.6 is 0 Å². The fourth-order valence-corrected chi connectivity index (χ4v) is 1.92. The lowest BCUT2D eigenvalue weighted by Crippen LogP contribution is -2.02. The largest absolute Gasteiger partial charge is 0.398 e. The van der Waals surface area contributed by atoms with Gasteiger partial charge in [-0.3, -0.25) is 0 Å². The Balaban J connectivity index is 2.03. The van der Waals surface area contributed by atoms with E-state index < -0.39 is 0 Å². The molecule has 2 N–H and O–H groups in total. The maximum Gasteiger partial charge on any atom is 0.142 e. The number of hydrogen-bond acceptors (Lipinski definition) is 3. The molecule has 0 heterocycles. The third-order valence-corrected chi connectivity index (χ3v) is 3.15. The van der Waals surface area contributed by atoms with E-state index in [1.165, 1.54) is 5.56 Å². The zero-order valence-corrected chi connectivity index (χ0v) is 12.2. The van der Waals surface area contributed by atoms with E-state index in [2.05, 4.69) is 24.2 Å². The Morgan fingerprint density at radius 2 is 1.70 bits per heavy atom. The van der Waals surface area contributed by atoms with Gasteiger partial charge in [-0.15, -0.1) is 0 Å². The summed E-state index contributed by atoms with van der Waals surface area (Å²) in [6.07, 6.45) is 0. The summed E-state index contributed by atoms with van der Waals surface area (Å²) in [7, 11) is 0. The lowest BCUT2D eigenvalue weighted by atomic mass is 10.1. The Labute approximate surface area is 120 Å². The highest BCUT2D eigenvalue weighted by molar-refractivity contribution is 6.02. The molecule has 0 aliphatic carbocycles. The van der Waals surface area contributed by atoms with Crippen LogP contribution in [0.3, 0.4) is 0 Å². The molecular weight excluding hydrogens is 248 g/mol. The molecule has 104 valence electrons. The number of nitrogens with two attached hydrogens (primary N) is 1. The number of nitrogen functional groups attached to an aromatic ring is 1. The van der Waals surface area contributed by atoms with Gasteiger partial charge in [0.25, 0.3) is 0 Å². The van der Waals surface area contributed by atoms with E-state index in [1.54, 1.807) is 0 Å². The summed E-state index contributed by atoms with van der Waals surface area (Å²) in [5.41, 5.74) is 11.9. The third kappa shape index (κ3) is 3.60. The van der Waals surface area contributed by atoms with Crippen LogP contribution in [0.25, 0.3) is 0 Å². The van der Waals surface area contributed by atoms with Crippen molar-refractivity contribution in [2.45, 2.75) is 27.4 Å². The second kappa shape index (κ2) is 6.24. The zero-order valence-electron chi connectivity index (χ0n) is 12.2. The van der Waals surface area contributed by atoms with Gasteiger partial charge in [0.05, 0.1) is 5.71 Å². The highest BCUT2D eigenvalue weighted by atomic mass is 16.6. The predicted molar refractivity (Wildman–Crippen MR) is 83.8 cm³/mol. The van der Waals surface area contributed by atoms with Crippen LogP contribution in [0, 0.1) is 13.8 Å². The monoisotopic (exact) mass is 268 g/mol. The van der Waals surface area contributed by atoms with Crippen LogP contribution in [0.5, 0.6) is 0 Å². The molecule has 2 rings (SSSR count). The lowest BCUT2D eigenvalue weighted by Gasteiger charge is -2.07. The van der Waals surface area contributed by atoms with Crippen LogP contribution in [0.4, 0.5) is 5.69 Å². The number of hydrogen-bond donors (Lipinski definition) is 1. The van der Waals surface area contributed by atoms with Crippen LogP contribution in [0.15, 0.2) is 47.6 Å². The fourth-order valence-electron chi connectivity index (χ4n) is 1.92. The highest BCUT2D eigenvalue weighted by Crippen LogP contribution is 2.15. The molecule has 3 heteroatoms. The number of benzene rings is 2. The number of oxime groups is 1. The third-order valence-electron chi connectivity index (χ3n) is 3.15. The summed E-state index contributed by atoms with van der Waals surface area (Å²) in [6.45, 7) is 6.46. The molecule has 0 bridgehead atoms. The molecule has 0 radical (unpaired) electrons. The SMILES string of the molecule is C/C(=N\OCc1ccc(C)cc1)c1cc(C)ccc1N. The summed E-state index contributed by atoms with van der Waals surface area (Å²) in [4.78, 5) is 5.40. The first kappa shape index (κ1) is 14.1. The summed E-state index contributed by atoms with van der Waals surface area (Å²) in [5, 5.41) is 4.15. The Morgan fingerprint density at radius 3 is 2.40 bits per heavy atom. The zero-order chi connectivity index (χ0) is 14.5. The van der Waals surface area contributed by atoms with E-state index in [-0.39, 0.29) is 0 Å². The Kier molecular flexibility index (Phi) is 4.41. The molecule has 0 fully saturated rings. The van der Waals surface area contributed by atoms with Crippen molar-refractivity contribution in [1.82, 2.24) is 0 Å². The predicted octanol–water partition coefficient (Wildman–Crippen LogP) is 3.83. The molecule has 0 amide bonds. The van der Waals surface area contributed by atoms with Crippen molar-refractivity contribution >= 4 is 11.4 Å². The van der Waals surface area contributed by atoms with Crippen LogP contribution in [0.2, 0.25) is 0 Å². The van der Waals surface area contributed by atoms with E-state index in [4.69, 9.17) is 10.6 Å². The normalized spacial score (nSPS) is 11.4. The molecular formula is C17H20N2O. The summed E-state index contributed by atoms with van der Waals surface area (Å²) in [6, 6.07) is 14.1. The molecule has 0 saturated heterocycles. The minimum atomic E-state index is 0.462. The highest BCUT2D eigenvalue weighted by Gasteiger charge is 2.03. The fraction of sp³-hybridized carbons (Fsp3) is 0.235. The van der Waals surface area contributed by atoms with Crippen molar-refractivity contribution in [3.05, 3.63) is 64.7 Å². The first-order valence-electron chi connectivity index (χ1n) is 6.65. The van der Waals surface area contributed by atoms with Gasteiger partial charge in [-0.25, -0.2) is 0 Å². The van der Waals surface area contributed by atoms with E-state index in [1.807, 2.05) is 44.2 Å². The first-order chi connectivity index (χ1) is 9.56. The molecule has 20 heavy (non-hydrogen) atoms. The molecule has 0 aromatic heterocycles. The van der Waals surface area contributed by atoms with Gasteiger partial charge in [-0.1, -0.05) is 46.6 Å². The van der Waals surface area contributed by atoms with Crippen LogP contribution in [-0.2, 0) is 11.4 Å². The van der Waals surface area contributed by atoms with E-state index in [9.17, 15) is 0 Å². The number of anilines is 1. The van der Waals surface area contributed by atoms with Crippen molar-refractivity contribution in [2.75, 3.05) is 5.73 Å². The first-order valence-corrected chi connectivity index (χ1v) is 6.65. The van der Waals surface area contributed by atoms with E-state index in [0.29, 0.717) is 6.61 Å². The van der Waals surface area contributed by atoms with Crippen molar-refractivity contribution in [2.24, 2.45) is 5.16 Å². The Bertz CT molecular complexity index is 615.